The molecule has 0 unspecified atom stereocenters. The number of hydrogen-bond donors (Lipinski definition) is 1. The first-order valence-electron chi connectivity index (χ1n) is 8.36. The second-order valence-electron chi connectivity index (χ2n) is 7.07. The summed E-state index contributed by atoms with van der Waals surface area (Å²) in [5.41, 5.74) is 3.37. The van der Waals surface area contributed by atoms with Crippen molar-refractivity contribution in [2.45, 2.75) is 52.2 Å². The highest BCUT2D eigenvalue weighted by Gasteiger charge is 2.30. The van der Waals surface area contributed by atoms with Gasteiger partial charge in [0, 0.05) is 20.0 Å². The van der Waals surface area contributed by atoms with Crippen LogP contribution in [0.15, 0.2) is 30.3 Å². The van der Waals surface area contributed by atoms with Crippen molar-refractivity contribution in [1.82, 2.24) is 10.3 Å². The van der Waals surface area contributed by atoms with Crippen LogP contribution in [-0.4, -0.2) is 41.6 Å². The number of para-hydroxylation sites is 1. The Hall–Kier alpha value is -2.24. The van der Waals surface area contributed by atoms with E-state index in [-0.39, 0.29) is 18.0 Å². The average Bonchev–Trinajstić information content (AvgIpc) is 2.52. The smallest absolute Gasteiger partial charge is 0.410 e. The third-order valence-corrected chi connectivity index (χ3v) is 3.79. The summed E-state index contributed by atoms with van der Waals surface area (Å²) in [7, 11) is 0. The molecule has 1 heterocycles. The summed E-state index contributed by atoms with van der Waals surface area (Å²) in [6, 6.07) is 9.92. The molecule has 1 N–H and O–H groups in total. The normalized spacial score (nSPS) is 15.8. The lowest BCUT2D eigenvalue weighted by molar-refractivity contribution is -0.119. The molecule has 0 aliphatic carbocycles. The number of carbonyl (C=O) groups excluding carboxylic acids is 2. The molecule has 1 aromatic carbocycles. The Kier molecular flexibility index (Phi) is 5.70. The highest BCUT2D eigenvalue weighted by molar-refractivity contribution is 5.75. The van der Waals surface area contributed by atoms with Gasteiger partial charge in [-0.15, -0.1) is 0 Å². The Bertz CT molecular complexity index is 561. The summed E-state index contributed by atoms with van der Waals surface area (Å²) in [4.78, 5) is 25.5. The van der Waals surface area contributed by atoms with Gasteiger partial charge >= 0.3 is 6.09 Å². The van der Waals surface area contributed by atoms with Crippen molar-refractivity contribution in [1.29, 1.82) is 0 Å². The van der Waals surface area contributed by atoms with Crippen LogP contribution in [-0.2, 0) is 9.53 Å². The molecule has 0 aromatic heterocycles. The molecule has 0 bridgehead atoms. The van der Waals surface area contributed by atoms with Gasteiger partial charge in [0.2, 0.25) is 5.91 Å². The SMILES string of the molecule is CC(=O)NN(c1ccccc1)C1CCN(C(=O)OC(C)(C)C)CC1. The number of nitrogens with zero attached hydrogens (tertiary/aromatic N) is 2. The number of amides is 2. The second kappa shape index (κ2) is 7.55. The summed E-state index contributed by atoms with van der Waals surface area (Å²) in [5.74, 6) is -0.103. The maximum atomic E-state index is 12.2. The van der Waals surface area contributed by atoms with Crippen LogP contribution >= 0.6 is 0 Å². The van der Waals surface area contributed by atoms with Crippen LogP contribution in [0.2, 0.25) is 0 Å². The maximum absolute atomic E-state index is 12.2. The number of likely N-dealkylation sites (tertiary alicyclic amines) is 1. The topological polar surface area (TPSA) is 61.9 Å². The predicted octanol–water partition coefficient (Wildman–Crippen LogP) is 2.94. The van der Waals surface area contributed by atoms with Crippen molar-refractivity contribution in [3.05, 3.63) is 30.3 Å². The van der Waals surface area contributed by atoms with Crippen LogP contribution in [0.4, 0.5) is 10.5 Å². The predicted molar refractivity (Wildman–Crippen MR) is 93.6 cm³/mol. The van der Waals surface area contributed by atoms with Gasteiger partial charge in [0.15, 0.2) is 0 Å². The van der Waals surface area contributed by atoms with E-state index in [1.807, 2.05) is 56.1 Å². The number of ether oxygens (including phenoxy) is 1. The number of piperidine rings is 1. The van der Waals surface area contributed by atoms with E-state index in [9.17, 15) is 9.59 Å². The van der Waals surface area contributed by atoms with Crippen molar-refractivity contribution in [3.8, 4) is 0 Å². The Balaban J connectivity index is 2.00. The summed E-state index contributed by atoms with van der Waals surface area (Å²) in [6.45, 7) is 8.33. The van der Waals surface area contributed by atoms with Crippen molar-refractivity contribution < 1.29 is 14.3 Å². The number of nitrogens with one attached hydrogen (secondary N) is 1. The average molecular weight is 333 g/mol. The quantitative estimate of drug-likeness (QED) is 0.864. The molecule has 1 saturated heterocycles. The molecule has 1 aliphatic rings. The fraction of sp³-hybridized carbons (Fsp3) is 0.556. The minimum Gasteiger partial charge on any atom is -0.444 e. The number of hydrazine groups is 1. The third kappa shape index (κ3) is 5.15. The molecular weight excluding hydrogens is 306 g/mol. The zero-order valence-corrected chi connectivity index (χ0v) is 14.9. The van der Waals surface area contributed by atoms with Gasteiger partial charge in [0.25, 0.3) is 0 Å². The zero-order chi connectivity index (χ0) is 17.7. The number of carbonyl (C=O) groups is 2. The Morgan fingerprint density at radius 2 is 1.75 bits per heavy atom. The Morgan fingerprint density at radius 3 is 2.25 bits per heavy atom. The van der Waals surface area contributed by atoms with Crippen LogP contribution < -0.4 is 10.4 Å². The second-order valence-corrected chi connectivity index (χ2v) is 7.07. The molecule has 0 atom stereocenters. The standard InChI is InChI=1S/C18H27N3O3/c1-14(22)19-21(15-8-6-5-7-9-15)16-10-12-20(13-11-16)17(23)24-18(2,3)4/h5-9,16H,10-13H2,1-4H3,(H,19,22). The van der Waals surface area contributed by atoms with Gasteiger partial charge in [-0.25, -0.2) is 4.79 Å². The van der Waals surface area contributed by atoms with Crippen LogP contribution in [0.25, 0.3) is 0 Å². The van der Waals surface area contributed by atoms with Crippen LogP contribution in [0.3, 0.4) is 0 Å². The first-order valence-corrected chi connectivity index (χ1v) is 8.36. The maximum Gasteiger partial charge on any atom is 0.410 e. The minimum absolute atomic E-state index is 0.103. The van der Waals surface area contributed by atoms with E-state index >= 15 is 0 Å². The molecule has 2 rings (SSSR count). The Morgan fingerprint density at radius 1 is 1.17 bits per heavy atom. The van der Waals surface area contributed by atoms with Gasteiger partial charge in [-0.2, -0.15) is 0 Å². The van der Waals surface area contributed by atoms with Gasteiger partial charge in [0.1, 0.15) is 5.60 Å². The summed E-state index contributed by atoms with van der Waals surface area (Å²) >= 11 is 0. The number of benzene rings is 1. The van der Waals surface area contributed by atoms with E-state index in [2.05, 4.69) is 5.43 Å². The third-order valence-electron chi connectivity index (χ3n) is 3.79. The fourth-order valence-electron chi connectivity index (χ4n) is 2.76. The van der Waals surface area contributed by atoms with Crippen LogP contribution in [0, 0.1) is 0 Å². The Labute approximate surface area is 143 Å². The molecule has 1 fully saturated rings. The van der Waals surface area contributed by atoms with E-state index in [0.29, 0.717) is 13.1 Å². The molecule has 6 heteroatoms. The highest BCUT2D eigenvalue weighted by atomic mass is 16.6. The molecule has 0 saturated carbocycles. The monoisotopic (exact) mass is 333 g/mol. The highest BCUT2D eigenvalue weighted by Crippen LogP contribution is 2.23. The van der Waals surface area contributed by atoms with Crippen LogP contribution in [0.1, 0.15) is 40.5 Å². The van der Waals surface area contributed by atoms with Crippen molar-refractivity contribution in [2.24, 2.45) is 0 Å². The summed E-state index contributed by atoms with van der Waals surface area (Å²) < 4.78 is 5.43. The van der Waals surface area contributed by atoms with Gasteiger partial charge in [-0.05, 0) is 45.7 Å². The molecule has 24 heavy (non-hydrogen) atoms. The van der Waals surface area contributed by atoms with Crippen LogP contribution in [0.5, 0.6) is 0 Å². The molecule has 0 radical (unpaired) electrons. The van der Waals surface area contributed by atoms with Crippen molar-refractivity contribution >= 4 is 17.7 Å². The minimum atomic E-state index is -0.486. The van der Waals surface area contributed by atoms with Crippen molar-refractivity contribution in [3.63, 3.8) is 0 Å². The lowest BCUT2D eigenvalue weighted by atomic mass is 10.0. The van der Waals surface area contributed by atoms with Crippen molar-refractivity contribution in [2.75, 3.05) is 18.1 Å². The number of hydrogen-bond acceptors (Lipinski definition) is 4. The molecule has 2 amide bonds. The van der Waals surface area contributed by atoms with E-state index in [1.165, 1.54) is 6.92 Å². The first kappa shape index (κ1) is 18.1. The lowest BCUT2D eigenvalue weighted by Gasteiger charge is -2.39. The molecule has 132 valence electrons. The molecule has 0 spiro atoms. The van der Waals surface area contributed by atoms with Gasteiger partial charge in [0.05, 0.1) is 11.7 Å². The van der Waals surface area contributed by atoms with E-state index in [4.69, 9.17) is 4.74 Å². The number of anilines is 1. The molecule has 6 nitrogen and oxygen atoms in total. The zero-order valence-electron chi connectivity index (χ0n) is 14.9. The number of rotatable bonds is 3. The lowest BCUT2D eigenvalue weighted by Crippen LogP contribution is -2.53. The first-order chi connectivity index (χ1) is 11.3. The van der Waals surface area contributed by atoms with Gasteiger partial charge in [-0.3, -0.25) is 15.2 Å². The van der Waals surface area contributed by atoms with Gasteiger partial charge in [-0.1, -0.05) is 18.2 Å². The fourth-order valence-corrected chi connectivity index (χ4v) is 2.76. The molecule has 1 aromatic rings. The van der Waals surface area contributed by atoms with E-state index < -0.39 is 5.60 Å². The summed E-state index contributed by atoms with van der Waals surface area (Å²) in [5, 5.41) is 1.91. The van der Waals surface area contributed by atoms with E-state index in [1.54, 1.807) is 4.90 Å². The van der Waals surface area contributed by atoms with E-state index in [0.717, 1.165) is 18.5 Å². The molecule has 1 aliphatic heterocycles. The largest absolute Gasteiger partial charge is 0.444 e. The van der Waals surface area contributed by atoms with Gasteiger partial charge < -0.3 is 9.64 Å². The summed E-state index contributed by atoms with van der Waals surface area (Å²) in [6.07, 6.45) is 1.27. The molecular formula is C18H27N3O3.